The molecule has 0 aliphatic heterocycles. The van der Waals surface area contributed by atoms with E-state index < -0.39 is 0 Å². The van der Waals surface area contributed by atoms with E-state index in [1.807, 2.05) is 0 Å². The van der Waals surface area contributed by atoms with Gasteiger partial charge < -0.3 is 5.73 Å². The standard InChI is InChI=1S/C10H18N2S/c11-10(13)7-12(5-8-1-2-8)6-9-3-4-9/h8-9H,1-7H2,(H2,11,13). The van der Waals surface area contributed by atoms with Gasteiger partial charge in [0.05, 0.1) is 4.99 Å². The molecule has 0 heterocycles. The molecular formula is C10H18N2S. The SMILES string of the molecule is NC(=S)CN(CC1CC1)CC1CC1. The second-order valence-corrected chi connectivity index (χ2v) is 5.07. The lowest BCUT2D eigenvalue weighted by Gasteiger charge is -2.21. The van der Waals surface area contributed by atoms with Gasteiger partial charge in [-0.05, 0) is 37.5 Å². The largest absolute Gasteiger partial charge is 0.392 e. The fourth-order valence-corrected chi connectivity index (χ4v) is 1.94. The number of hydrogen-bond acceptors (Lipinski definition) is 2. The monoisotopic (exact) mass is 198 g/mol. The van der Waals surface area contributed by atoms with Crippen molar-refractivity contribution < 1.29 is 0 Å². The average Bonchev–Trinajstić information content (AvgIpc) is 2.79. The maximum atomic E-state index is 5.58. The van der Waals surface area contributed by atoms with Gasteiger partial charge in [0.1, 0.15) is 0 Å². The summed E-state index contributed by atoms with van der Waals surface area (Å²) in [7, 11) is 0. The second-order valence-electron chi connectivity index (χ2n) is 4.55. The summed E-state index contributed by atoms with van der Waals surface area (Å²) in [4.78, 5) is 3.11. The molecule has 0 atom stereocenters. The molecular weight excluding hydrogens is 180 g/mol. The van der Waals surface area contributed by atoms with Crippen molar-refractivity contribution in [2.24, 2.45) is 17.6 Å². The third-order valence-corrected chi connectivity index (χ3v) is 2.94. The van der Waals surface area contributed by atoms with E-state index in [2.05, 4.69) is 4.90 Å². The summed E-state index contributed by atoms with van der Waals surface area (Å²) in [5, 5.41) is 0. The Kier molecular flexibility index (Phi) is 2.84. The van der Waals surface area contributed by atoms with Crippen LogP contribution in [0.2, 0.25) is 0 Å². The van der Waals surface area contributed by atoms with Crippen LogP contribution in [0.1, 0.15) is 25.7 Å². The van der Waals surface area contributed by atoms with Gasteiger partial charge in [0.15, 0.2) is 0 Å². The maximum absolute atomic E-state index is 5.58. The molecule has 0 aromatic carbocycles. The molecule has 0 aromatic heterocycles. The molecule has 0 unspecified atom stereocenters. The number of nitrogens with two attached hydrogens (primary N) is 1. The van der Waals surface area contributed by atoms with Crippen LogP contribution in [0, 0.1) is 11.8 Å². The normalized spacial score (nSPS) is 22.2. The zero-order chi connectivity index (χ0) is 9.26. The Morgan fingerprint density at radius 2 is 1.62 bits per heavy atom. The van der Waals surface area contributed by atoms with Gasteiger partial charge in [-0.15, -0.1) is 0 Å². The predicted molar refractivity (Wildman–Crippen MR) is 58.7 cm³/mol. The van der Waals surface area contributed by atoms with Gasteiger partial charge in [-0.1, -0.05) is 12.2 Å². The van der Waals surface area contributed by atoms with Gasteiger partial charge in [0.2, 0.25) is 0 Å². The van der Waals surface area contributed by atoms with E-state index in [4.69, 9.17) is 18.0 Å². The van der Waals surface area contributed by atoms with Gasteiger partial charge in [-0.25, -0.2) is 0 Å². The number of nitrogens with zero attached hydrogens (tertiary/aromatic N) is 1. The van der Waals surface area contributed by atoms with Gasteiger partial charge in [0.25, 0.3) is 0 Å². The number of thiocarbonyl (C=S) groups is 1. The lowest BCUT2D eigenvalue weighted by molar-refractivity contribution is 0.287. The molecule has 13 heavy (non-hydrogen) atoms. The van der Waals surface area contributed by atoms with E-state index in [0.717, 1.165) is 18.4 Å². The van der Waals surface area contributed by atoms with Gasteiger partial charge in [-0.3, -0.25) is 4.90 Å². The molecule has 2 saturated carbocycles. The molecule has 2 aliphatic rings. The number of hydrogen-bond donors (Lipinski definition) is 1. The fraction of sp³-hybridized carbons (Fsp3) is 0.900. The molecule has 2 N–H and O–H groups in total. The molecule has 0 bridgehead atoms. The zero-order valence-electron chi connectivity index (χ0n) is 8.04. The Bertz CT molecular complexity index is 183. The Labute approximate surface area is 85.5 Å². The Morgan fingerprint density at radius 3 is 1.92 bits per heavy atom. The minimum atomic E-state index is 0.654. The van der Waals surface area contributed by atoms with Crippen LogP contribution in [0.4, 0.5) is 0 Å². The summed E-state index contributed by atoms with van der Waals surface area (Å²) in [6.45, 7) is 3.30. The zero-order valence-corrected chi connectivity index (χ0v) is 8.85. The Hall–Kier alpha value is -0.150. The van der Waals surface area contributed by atoms with Crippen molar-refractivity contribution in [1.82, 2.24) is 4.90 Å². The molecule has 0 saturated heterocycles. The molecule has 74 valence electrons. The first kappa shape index (κ1) is 9.41. The van der Waals surface area contributed by atoms with E-state index in [1.165, 1.54) is 38.8 Å². The van der Waals surface area contributed by atoms with Crippen molar-refractivity contribution in [3.8, 4) is 0 Å². The summed E-state index contributed by atoms with van der Waals surface area (Å²) in [6.07, 6.45) is 5.66. The lowest BCUT2D eigenvalue weighted by Crippen LogP contribution is -2.35. The molecule has 0 spiro atoms. The van der Waals surface area contributed by atoms with Crippen molar-refractivity contribution in [3.05, 3.63) is 0 Å². The molecule has 0 aromatic rings. The van der Waals surface area contributed by atoms with E-state index in [9.17, 15) is 0 Å². The Morgan fingerprint density at radius 1 is 1.15 bits per heavy atom. The molecule has 3 heteroatoms. The molecule has 2 rings (SSSR count). The van der Waals surface area contributed by atoms with Crippen molar-refractivity contribution >= 4 is 17.2 Å². The van der Waals surface area contributed by atoms with Crippen molar-refractivity contribution in [3.63, 3.8) is 0 Å². The molecule has 2 aliphatic carbocycles. The summed E-state index contributed by atoms with van der Waals surface area (Å²) in [6, 6.07) is 0. The first-order chi connectivity index (χ1) is 6.24. The molecule has 0 radical (unpaired) electrons. The van der Waals surface area contributed by atoms with Crippen LogP contribution < -0.4 is 5.73 Å². The summed E-state index contributed by atoms with van der Waals surface area (Å²) >= 11 is 4.95. The van der Waals surface area contributed by atoms with E-state index >= 15 is 0 Å². The highest BCUT2D eigenvalue weighted by atomic mass is 32.1. The van der Waals surface area contributed by atoms with Crippen LogP contribution in [-0.2, 0) is 0 Å². The quantitative estimate of drug-likeness (QED) is 0.654. The second kappa shape index (κ2) is 3.93. The van der Waals surface area contributed by atoms with Crippen LogP contribution in [0.5, 0.6) is 0 Å². The summed E-state index contributed by atoms with van der Waals surface area (Å²) < 4.78 is 0. The van der Waals surface area contributed by atoms with Crippen LogP contribution in [0.3, 0.4) is 0 Å². The van der Waals surface area contributed by atoms with Gasteiger partial charge in [-0.2, -0.15) is 0 Å². The van der Waals surface area contributed by atoms with Crippen molar-refractivity contribution in [1.29, 1.82) is 0 Å². The molecule has 2 fully saturated rings. The topological polar surface area (TPSA) is 29.3 Å². The minimum absolute atomic E-state index is 0.654. The highest BCUT2D eigenvalue weighted by Gasteiger charge is 2.29. The van der Waals surface area contributed by atoms with E-state index in [0.29, 0.717) is 4.99 Å². The maximum Gasteiger partial charge on any atom is 0.0870 e. The fourth-order valence-electron chi connectivity index (χ4n) is 1.76. The number of rotatable bonds is 6. The third kappa shape index (κ3) is 3.61. The Balaban J connectivity index is 1.73. The first-order valence-corrected chi connectivity index (χ1v) is 5.65. The van der Waals surface area contributed by atoms with E-state index in [-0.39, 0.29) is 0 Å². The van der Waals surface area contributed by atoms with E-state index in [1.54, 1.807) is 0 Å². The minimum Gasteiger partial charge on any atom is -0.392 e. The molecule has 2 nitrogen and oxygen atoms in total. The summed E-state index contributed by atoms with van der Waals surface area (Å²) in [5.41, 5.74) is 5.58. The van der Waals surface area contributed by atoms with Crippen LogP contribution in [0.15, 0.2) is 0 Å². The predicted octanol–water partition coefficient (Wildman–Crippen LogP) is 1.39. The van der Waals surface area contributed by atoms with Gasteiger partial charge in [0, 0.05) is 19.6 Å². The highest BCUT2D eigenvalue weighted by Crippen LogP contribution is 2.33. The van der Waals surface area contributed by atoms with Crippen LogP contribution >= 0.6 is 12.2 Å². The third-order valence-electron chi connectivity index (χ3n) is 2.81. The van der Waals surface area contributed by atoms with Crippen LogP contribution in [-0.4, -0.2) is 29.5 Å². The van der Waals surface area contributed by atoms with Crippen molar-refractivity contribution in [2.45, 2.75) is 25.7 Å². The first-order valence-electron chi connectivity index (χ1n) is 5.24. The highest BCUT2D eigenvalue weighted by molar-refractivity contribution is 7.80. The molecule has 0 amide bonds. The van der Waals surface area contributed by atoms with Crippen molar-refractivity contribution in [2.75, 3.05) is 19.6 Å². The van der Waals surface area contributed by atoms with Crippen LogP contribution in [0.25, 0.3) is 0 Å². The lowest BCUT2D eigenvalue weighted by atomic mass is 10.3. The summed E-state index contributed by atoms with van der Waals surface area (Å²) in [5.74, 6) is 1.90. The smallest absolute Gasteiger partial charge is 0.0870 e. The average molecular weight is 198 g/mol. The van der Waals surface area contributed by atoms with Gasteiger partial charge >= 0.3 is 0 Å².